The van der Waals surface area contributed by atoms with Crippen LogP contribution in [0.4, 0.5) is 0 Å². The highest BCUT2D eigenvalue weighted by atomic mass is 28.3. The fourth-order valence-corrected chi connectivity index (χ4v) is 12.8. The number of rotatable bonds is 5. The van der Waals surface area contributed by atoms with E-state index in [1.54, 1.807) is 0 Å². The fraction of sp³-hybridized carbons (Fsp3) is 0. The van der Waals surface area contributed by atoms with Crippen LogP contribution in [0.3, 0.4) is 0 Å². The van der Waals surface area contributed by atoms with Gasteiger partial charge in [0, 0.05) is 5.39 Å². The number of imidazole rings is 2. The minimum absolute atomic E-state index is 0.860. The lowest BCUT2D eigenvalue weighted by molar-refractivity contribution is 0.671. The molecule has 10 rings (SSSR count). The van der Waals surface area contributed by atoms with Gasteiger partial charge in [-0.15, -0.1) is 0 Å². The van der Waals surface area contributed by atoms with Gasteiger partial charge in [-0.1, -0.05) is 140 Å². The second kappa shape index (κ2) is 10.4. The number of benzene rings is 7. The lowest BCUT2D eigenvalue weighted by Gasteiger charge is -2.34. The molecule has 0 spiro atoms. The molecule has 5 heteroatoms. The molecule has 4 nitrogen and oxygen atoms in total. The third-order valence-electron chi connectivity index (χ3n) is 9.87. The van der Waals surface area contributed by atoms with Gasteiger partial charge in [-0.25, -0.2) is 4.98 Å². The standard InChI is InChI=1S/C43H29N3OSi/c1-4-16-30(17-5-1)48(31-18-6-2-7-19-31,32-20-8-3-9-21-32)40-29-14-22-33-41-38(27-15-28-39(41)47-42(33)40)46-37-26-13-12-25-36(37)45-35-24-11-10-23-34(35)44-43(45)46/h1-29H. The minimum atomic E-state index is -2.84. The van der Waals surface area contributed by atoms with Crippen LogP contribution in [-0.2, 0) is 0 Å². The molecule has 0 unspecified atom stereocenters. The molecule has 0 fully saturated rings. The quantitative estimate of drug-likeness (QED) is 0.144. The minimum Gasteiger partial charge on any atom is -0.456 e. The van der Waals surface area contributed by atoms with E-state index in [-0.39, 0.29) is 0 Å². The molecule has 3 aromatic heterocycles. The first-order valence-corrected chi connectivity index (χ1v) is 18.3. The molecular formula is C43H29N3OSi. The van der Waals surface area contributed by atoms with E-state index in [1.807, 2.05) is 0 Å². The first-order valence-electron chi connectivity index (χ1n) is 16.3. The Kier molecular flexibility index (Phi) is 5.86. The zero-order valence-electron chi connectivity index (χ0n) is 26.0. The van der Waals surface area contributed by atoms with E-state index in [9.17, 15) is 0 Å². The Morgan fingerprint density at radius 3 is 1.71 bits per heavy atom. The average molecular weight is 632 g/mol. The summed E-state index contributed by atoms with van der Waals surface area (Å²) >= 11 is 0. The highest BCUT2D eigenvalue weighted by Crippen LogP contribution is 2.37. The highest BCUT2D eigenvalue weighted by molar-refractivity contribution is 7.20. The summed E-state index contributed by atoms with van der Waals surface area (Å²) < 4.78 is 11.6. The number of hydrogen-bond acceptors (Lipinski definition) is 2. The van der Waals surface area contributed by atoms with Gasteiger partial charge in [0.1, 0.15) is 11.2 Å². The Balaban J connectivity index is 1.34. The van der Waals surface area contributed by atoms with Gasteiger partial charge in [0.15, 0.2) is 8.07 Å². The van der Waals surface area contributed by atoms with Crippen molar-refractivity contribution < 1.29 is 4.42 Å². The van der Waals surface area contributed by atoms with Gasteiger partial charge in [0.2, 0.25) is 5.78 Å². The van der Waals surface area contributed by atoms with Gasteiger partial charge < -0.3 is 4.42 Å². The SMILES string of the molecule is c1ccc([Si](c2ccccc2)(c2ccccc2)c2cccc3c2oc2cccc(-n4c5ccccc5n5c6ccccc6nc45)c23)cc1. The average Bonchev–Trinajstić information content (AvgIpc) is 3.83. The van der Waals surface area contributed by atoms with Crippen molar-refractivity contribution >= 4 is 78.6 Å². The van der Waals surface area contributed by atoms with Crippen LogP contribution in [0.15, 0.2) is 180 Å². The summed E-state index contributed by atoms with van der Waals surface area (Å²) in [4.78, 5) is 5.18. The van der Waals surface area contributed by atoms with Crippen molar-refractivity contribution in [3.05, 3.63) is 176 Å². The van der Waals surface area contributed by atoms with Crippen molar-refractivity contribution in [2.45, 2.75) is 0 Å². The van der Waals surface area contributed by atoms with E-state index in [0.29, 0.717) is 0 Å². The Morgan fingerprint density at radius 2 is 1.04 bits per heavy atom. The topological polar surface area (TPSA) is 35.4 Å². The number of para-hydroxylation sites is 5. The van der Waals surface area contributed by atoms with Gasteiger partial charge in [0.25, 0.3) is 0 Å². The largest absolute Gasteiger partial charge is 0.456 e. The Hall–Kier alpha value is -6.17. The van der Waals surface area contributed by atoms with E-state index < -0.39 is 8.07 Å². The number of furan rings is 1. The molecule has 0 aliphatic carbocycles. The molecule has 0 aliphatic heterocycles. The lowest BCUT2D eigenvalue weighted by Crippen LogP contribution is -2.74. The number of aromatic nitrogens is 3. The summed E-state index contributed by atoms with van der Waals surface area (Å²) in [6.07, 6.45) is 0. The molecule has 10 aromatic rings. The summed E-state index contributed by atoms with van der Waals surface area (Å²) in [6, 6.07) is 63.1. The Labute approximate surface area is 277 Å². The van der Waals surface area contributed by atoms with E-state index in [2.05, 4.69) is 185 Å². The molecule has 0 radical (unpaired) electrons. The molecule has 48 heavy (non-hydrogen) atoms. The Morgan fingerprint density at radius 1 is 0.479 bits per heavy atom. The van der Waals surface area contributed by atoms with Crippen LogP contribution in [0, 0.1) is 0 Å². The summed E-state index contributed by atoms with van der Waals surface area (Å²) in [5.41, 5.74) is 7.14. The summed E-state index contributed by atoms with van der Waals surface area (Å²) in [6.45, 7) is 0. The predicted octanol–water partition coefficient (Wildman–Crippen LogP) is 7.71. The van der Waals surface area contributed by atoms with E-state index >= 15 is 0 Å². The van der Waals surface area contributed by atoms with Gasteiger partial charge in [-0.3, -0.25) is 8.97 Å². The van der Waals surface area contributed by atoms with E-state index in [0.717, 1.165) is 55.5 Å². The molecule has 3 heterocycles. The van der Waals surface area contributed by atoms with Gasteiger partial charge >= 0.3 is 0 Å². The summed E-state index contributed by atoms with van der Waals surface area (Å²) in [5, 5.41) is 7.37. The van der Waals surface area contributed by atoms with E-state index in [4.69, 9.17) is 9.40 Å². The van der Waals surface area contributed by atoms with Crippen LogP contribution >= 0.6 is 0 Å². The molecule has 7 aromatic carbocycles. The molecule has 226 valence electrons. The summed E-state index contributed by atoms with van der Waals surface area (Å²) in [5.74, 6) is 0.886. The maximum absolute atomic E-state index is 7.07. The molecule has 0 bridgehead atoms. The molecule has 0 saturated carbocycles. The van der Waals surface area contributed by atoms with Crippen molar-refractivity contribution in [2.75, 3.05) is 0 Å². The second-order valence-electron chi connectivity index (χ2n) is 12.3. The van der Waals surface area contributed by atoms with Crippen molar-refractivity contribution in [3.8, 4) is 5.69 Å². The molecule has 0 N–H and O–H groups in total. The summed E-state index contributed by atoms with van der Waals surface area (Å²) in [7, 11) is -2.84. The smallest absolute Gasteiger partial charge is 0.220 e. The van der Waals surface area contributed by atoms with Crippen molar-refractivity contribution in [2.24, 2.45) is 0 Å². The molecule has 0 saturated heterocycles. The van der Waals surface area contributed by atoms with Crippen LogP contribution < -0.4 is 20.7 Å². The highest BCUT2D eigenvalue weighted by Gasteiger charge is 2.43. The molecule has 0 atom stereocenters. The van der Waals surface area contributed by atoms with Crippen molar-refractivity contribution in [3.63, 3.8) is 0 Å². The fourth-order valence-electron chi connectivity index (χ4n) is 7.93. The van der Waals surface area contributed by atoms with Crippen molar-refractivity contribution in [1.82, 2.24) is 14.0 Å². The van der Waals surface area contributed by atoms with Gasteiger partial charge in [-0.05, 0) is 57.1 Å². The maximum Gasteiger partial charge on any atom is 0.220 e. The van der Waals surface area contributed by atoms with Crippen LogP contribution in [0.5, 0.6) is 0 Å². The van der Waals surface area contributed by atoms with Crippen LogP contribution in [0.1, 0.15) is 0 Å². The molecule has 0 aliphatic rings. The third kappa shape index (κ3) is 3.67. The lowest BCUT2D eigenvalue weighted by atomic mass is 10.1. The number of hydrogen-bond donors (Lipinski definition) is 0. The monoisotopic (exact) mass is 631 g/mol. The zero-order chi connectivity index (χ0) is 31.7. The van der Waals surface area contributed by atoms with Crippen LogP contribution in [0.25, 0.3) is 55.5 Å². The second-order valence-corrected chi connectivity index (χ2v) is 16.1. The molecule has 0 amide bonds. The van der Waals surface area contributed by atoms with E-state index in [1.165, 1.54) is 20.7 Å². The van der Waals surface area contributed by atoms with Gasteiger partial charge in [0.05, 0.1) is 33.1 Å². The molecular weight excluding hydrogens is 603 g/mol. The first-order chi connectivity index (χ1) is 23.8. The maximum atomic E-state index is 7.07. The van der Waals surface area contributed by atoms with Crippen molar-refractivity contribution in [1.29, 1.82) is 0 Å². The first kappa shape index (κ1) is 27.0. The third-order valence-corrected chi connectivity index (χ3v) is 14.7. The predicted molar refractivity (Wildman–Crippen MR) is 200 cm³/mol. The number of nitrogens with zero attached hydrogens (tertiary/aromatic N) is 3. The number of fused-ring (bicyclic) bond motifs is 8. The zero-order valence-corrected chi connectivity index (χ0v) is 27.0. The normalized spacial score (nSPS) is 12.2. The Bertz CT molecular complexity index is 2680. The van der Waals surface area contributed by atoms with Crippen LogP contribution in [0.2, 0.25) is 0 Å². The van der Waals surface area contributed by atoms with Gasteiger partial charge in [-0.2, -0.15) is 0 Å². The van der Waals surface area contributed by atoms with Crippen LogP contribution in [-0.4, -0.2) is 22.0 Å².